The summed E-state index contributed by atoms with van der Waals surface area (Å²) in [6.07, 6.45) is 4.37. The van der Waals surface area contributed by atoms with Crippen LogP contribution in [0.1, 0.15) is 37.0 Å². The molecule has 3 N–H and O–H groups in total. The molecule has 1 saturated carbocycles. The highest BCUT2D eigenvalue weighted by Crippen LogP contribution is 2.35. The van der Waals surface area contributed by atoms with E-state index in [2.05, 4.69) is 30.4 Å². The number of halogens is 1. The number of nitrogens with two attached hydrogens (primary N) is 1. The molecule has 5 rings (SSSR count). The monoisotopic (exact) mass is 436 g/mol. The van der Waals surface area contributed by atoms with Crippen LogP contribution in [0.15, 0.2) is 33.8 Å². The lowest BCUT2D eigenvalue weighted by atomic mass is 10.2. The van der Waals surface area contributed by atoms with Crippen molar-refractivity contribution in [2.45, 2.75) is 38.6 Å². The highest BCUT2D eigenvalue weighted by atomic mass is 19.1. The molecule has 1 aliphatic rings. The van der Waals surface area contributed by atoms with E-state index >= 15 is 0 Å². The van der Waals surface area contributed by atoms with Crippen molar-refractivity contribution in [3.05, 3.63) is 52.4 Å². The Balaban J connectivity index is 1.36. The standard InChI is InChI=1S/C21H21FN8O2/c1-11-27-20(29-32-11)17-18(23)25-10-26-19(17)24-9-3-6-15-28-14-5-2-4-13(22)16(14)21(31)30(15)12-7-8-12/h2,4-5,10,12H,3,6-9H2,1H3,(H3,23,24,25,26). The maximum Gasteiger partial charge on any atom is 0.264 e. The molecule has 0 unspecified atom stereocenters. The number of benzene rings is 1. The topological polar surface area (TPSA) is 138 Å². The van der Waals surface area contributed by atoms with Crippen molar-refractivity contribution in [2.75, 3.05) is 17.6 Å². The molecule has 0 amide bonds. The molecule has 0 spiro atoms. The molecule has 0 atom stereocenters. The van der Waals surface area contributed by atoms with Crippen LogP contribution < -0.4 is 16.6 Å². The Bertz CT molecular complexity index is 1360. The molecule has 3 heterocycles. The van der Waals surface area contributed by atoms with Crippen LogP contribution in [0.4, 0.5) is 16.0 Å². The van der Waals surface area contributed by atoms with Crippen LogP contribution in [0.5, 0.6) is 0 Å². The minimum Gasteiger partial charge on any atom is -0.383 e. The molecule has 1 aliphatic carbocycles. The summed E-state index contributed by atoms with van der Waals surface area (Å²) in [5.41, 5.74) is 6.55. The molecule has 0 aliphatic heterocycles. The summed E-state index contributed by atoms with van der Waals surface area (Å²) in [4.78, 5) is 30.0. The molecule has 164 valence electrons. The number of nitrogens with one attached hydrogen (secondary N) is 1. The zero-order chi connectivity index (χ0) is 22.2. The normalized spacial score (nSPS) is 13.6. The molecule has 10 nitrogen and oxygen atoms in total. The molecule has 0 radical (unpaired) electrons. The van der Waals surface area contributed by atoms with Gasteiger partial charge in [-0.05, 0) is 31.4 Å². The lowest BCUT2D eigenvalue weighted by Crippen LogP contribution is -2.25. The van der Waals surface area contributed by atoms with E-state index in [0.29, 0.717) is 53.8 Å². The maximum absolute atomic E-state index is 14.2. The zero-order valence-electron chi connectivity index (χ0n) is 17.4. The number of nitrogens with zero attached hydrogens (tertiary/aromatic N) is 6. The fourth-order valence-electron chi connectivity index (χ4n) is 3.74. The van der Waals surface area contributed by atoms with Gasteiger partial charge in [0.25, 0.3) is 5.56 Å². The van der Waals surface area contributed by atoms with Crippen molar-refractivity contribution in [1.82, 2.24) is 29.7 Å². The van der Waals surface area contributed by atoms with E-state index in [-0.39, 0.29) is 22.8 Å². The van der Waals surface area contributed by atoms with Crippen LogP contribution >= 0.6 is 0 Å². The summed E-state index contributed by atoms with van der Waals surface area (Å²) < 4.78 is 20.9. The SMILES string of the molecule is Cc1nc(-c2c(N)ncnc2NCCCc2nc3cccc(F)c3c(=O)n2C2CC2)no1. The summed E-state index contributed by atoms with van der Waals surface area (Å²) in [6.45, 7) is 2.22. The Hall–Kier alpha value is -3.89. The highest BCUT2D eigenvalue weighted by Gasteiger charge is 2.28. The van der Waals surface area contributed by atoms with E-state index in [1.54, 1.807) is 23.6 Å². The van der Waals surface area contributed by atoms with Gasteiger partial charge < -0.3 is 15.6 Å². The third kappa shape index (κ3) is 3.66. The molecular weight excluding hydrogens is 415 g/mol. The van der Waals surface area contributed by atoms with Gasteiger partial charge in [0.05, 0.1) is 5.52 Å². The molecule has 0 bridgehead atoms. The Labute approximate surface area is 181 Å². The quantitative estimate of drug-likeness (QED) is 0.419. The van der Waals surface area contributed by atoms with Crippen LogP contribution in [0.2, 0.25) is 0 Å². The van der Waals surface area contributed by atoms with Gasteiger partial charge in [-0.2, -0.15) is 4.98 Å². The van der Waals surface area contributed by atoms with E-state index in [1.807, 2.05) is 0 Å². The Morgan fingerprint density at radius 1 is 1.28 bits per heavy atom. The van der Waals surface area contributed by atoms with Gasteiger partial charge in [-0.15, -0.1) is 0 Å². The summed E-state index contributed by atoms with van der Waals surface area (Å²) in [5, 5.41) is 7.19. The minimum atomic E-state index is -0.534. The summed E-state index contributed by atoms with van der Waals surface area (Å²) in [5.74, 6) is 1.58. The molecule has 1 fully saturated rings. The number of hydrogen-bond donors (Lipinski definition) is 2. The van der Waals surface area contributed by atoms with Gasteiger partial charge in [-0.25, -0.2) is 19.3 Å². The number of anilines is 2. The first kappa shape index (κ1) is 20.0. The van der Waals surface area contributed by atoms with Gasteiger partial charge in [0.2, 0.25) is 11.7 Å². The van der Waals surface area contributed by atoms with Crippen molar-refractivity contribution < 1.29 is 8.91 Å². The second kappa shape index (κ2) is 7.98. The number of aryl methyl sites for hydroxylation is 2. The van der Waals surface area contributed by atoms with Crippen molar-refractivity contribution in [3.8, 4) is 11.4 Å². The Morgan fingerprint density at radius 2 is 2.12 bits per heavy atom. The number of nitrogen functional groups attached to an aromatic ring is 1. The van der Waals surface area contributed by atoms with Crippen molar-refractivity contribution in [1.29, 1.82) is 0 Å². The van der Waals surface area contributed by atoms with Gasteiger partial charge in [0.1, 0.15) is 40.6 Å². The Morgan fingerprint density at radius 3 is 2.88 bits per heavy atom. The van der Waals surface area contributed by atoms with E-state index in [4.69, 9.17) is 10.3 Å². The predicted molar refractivity (Wildman–Crippen MR) is 116 cm³/mol. The fourth-order valence-corrected chi connectivity index (χ4v) is 3.74. The molecule has 3 aromatic heterocycles. The van der Waals surface area contributed by atoms with Gasteiger partial charge in [0, 0.05) is 25.9 Å². The fraction of sp³-hybridized carbons (Fsp3) is 0.333. The second-order valence-electron chi connectivity index (χ2n) is 7.72. The minimum absolute atomic E-state index is 0.0535. The number of rotatable bonds is 7. The zero-order valence-corrected chi connectivity index (χ0v) is 17.4. The largest absolute Gasteiger partial charge is 0.383 e. The third-order valence-corrected chi connectivity index (χ3v) is 5.36. The van der Waals surface area contributed by atoms with Crippen molar-refractivity contribution >= 4 is 22.5 Å². The van der Waals surface area contributed by atoms with E-state index in [9.17, 15) is 9.18 Å². The molecule has 4 aromatic rings. The highest BCUT2D eigenvalue weighted by molar-refractivity contribution is 5.79. The predicted octanol–water partition coefficient (Wildman–Crippen LogP) is 2.65. The third-order valence-electron chi connectivity index (χ3n) is 5.36. The average molecular weight is 436 g/mol. The maximum atomic E-state index is 14.2. The first-order valence-corrected chi connectivity index (χ1v) is 10.4. The van der Waals surface area contributed by atoms with Gasteiger partial charge >= 0.3 is 0 Å². The Kier molecular flexibility index (Phi) is 5.00. The number of aromatic nitrogens is 6. The lowest BCUT2D eigenvalue weighted by Gasteiger charge is -2.14. The van der Waals surface area contributed by atoms with Gasteiger partial charge in [-0.3, -0.25) is 9.36 Å². The first-order chi connectivity index (χ1) is 15.5. The van der Waals surface area contributed by atoms with Crippen molar-refractivity contribution in [2.24, 2.45) is 0 Å². The second-order valence-corrected chi connectivity index (χ2v) is 7.72. The number of hydrogen-bond acceptors (Lipinski definition) is 9. The molecule has 32 heavy (non-hydrogen) atoms. The van der Waals surface area contributed by atoms with E-state index in [0.717, 1.165) is 12.8 Å². The molecule has 0 saturated heterocycles. The lowest BCUT2D eigenvalue weighted by molar-refractivity contribution is 0.394. The van der Waals surface area contributed by atoms with Crippen LogP contribution in [0.25, 0.3) is 22.3 Å². The van der Waals surface area contributed by atoms with Crippen LogP contribution in [0, 0.1) is 12.7 Å². The average Bonchev–Trinajstić information content (AvgIpc) is 3.51. The molecular formula is C21H21FN8O2. The first-order valence-electron chi connectivity index (χ1n) is 10.4. The number of fused-ring (bicyclic) bond motifs is 1. The van der Waals surface area contributed by atoms with Crippen LogP contribution in [-0.2, 0) is 6.42 Å². The van der Waals surface area contributed by atoms with Crippen LogP contribution in [-0.4, -0.2) is 36.2 Å². The van der Waals surface area contributed by atoms with Crippen LogP contribution in [0.3, 0.4) is 0 Å². The molecule has 11 heteroatoms. The molecule has 1 aromatic carbocycles. The van der Waals surface area contributed by atoms with Gasteiger partial charge in [-0.1, -0.05) is 11.2 Å². The van der Waals surface area contributed by atoms with Crippen molar-refractivity contribution in [3.63, 3.8) is 0 Å². The summed E-state index contributed by atoms with van der Waals surface area (Å²) in [6, 6.07) is 4.62. The van der Waals surface area contributed by atoms with E-state index < -0.39 is 5.82 Å². The summed E-state index contributed by atoms with van der Waals surface area (Å²) in [7, 11) is 0. The van der Waals surface area contributed by atoms with Gasteiger partial charge in [0.15, 0.2) is 0 Å². The van der Waals surface area contributed by atoms with E-state index in [1.165, 1.54) is 12.4 Å². The smallest absolute Gasteiger partial charge is 0.264 e. The summed E-state index contributed by atoms with van der Waals surface area (Å²) >= 11 is 0.